The summed E-state index contributed by atoms with van der Waals surface area (Å²) in [6.45, 7) is 3.55. The van der Waals surface area contributed by atoms with E-state index in [0.717, 1.165) is 44.8 Å². The Labute approximate surface area is 145 Å². The van der Waals surface area contributed by atoms with Gasteiger partial charge in [-0.15, -0.1) is 0 Å². The minimum atomic E-state index is -0.101. The van der Waals surface area contributed by atoms with Gasteiger partial charge in [0, 0.05) is 43.1 Å². The van der Waals surface area contributed by atoms with E-state index >= 15 is 0 Å². The van der Waals surface area contributed by atoms with E-state index < -0.39 is 0 Å². The number of fused-ring (bicyclic) bond motifs is 1. The Balaban J connectivity index is 1.34. The molecule has 0 bridgehead atoms. The highest BCUT2D eigenvalue weighted by atomic mass is 16.5. The first kappa shape index (κ1) is 16.1. The molecule has 0 spiro atoms. The van der Waals surface area contributed by atoms with Crippen molar-refractivity contribution in [3.05, 3.63) is 64.5 Å². The molecule has 2 N–H and O–H groups in total. The van der Waals surface area contributed by atoms with Crippen molar-refractivity contribution in [1.29, 1.82) is 0 Å². The van der Waals surface area contributed by atoms with Crippen LogP contribution >= 0.6 is 0 Å². The van der Waals surface area contributed by atoms with Crippen molar-refractivity contribution in [2.45, 2.75) is 25.5 Å². The molecule has 3 aromatic rings. The average Bonchev–Trinajstić information content (AvgIpc) is 3.08. The number of hydrogen-bond donors (Lipinski definition) is 2. The van der Waals surface area contributed by atoms with Crippen molar-refractivity contribution >= 4 is 10.9 Å². The molecule has 6 nitrogen and oxygen atoms in total. The maximum absolute atomic E-state index is 11.3. The number of ether oxygens (including phenoxy) is 1. The van der Waals surface area contributed by atoms with E-state index in [1.165, 1.54) is 22.8 Å². The van der Waals surface area contributed by atoms with Crippen LogP contribution in [0.15, 0.2) is 47.7 Å². The third kappa shape index (κ3) is 3.97. The summed E-state index contributed by atoms with van der Waals surface area (Å²) in [5.41, 5.74) is 3.22. The highest BCUT2D eigenvalue weighted by molar-refractivity contribution is 5.79. The van der Waals surface area contributed by atoms with E-state index in [-0.39, 0.29) is 11.7 Å². The fourth-order valence-electron chi connectivity index (χ4n) is 3.41. The van der Waals surface area contributed by atoms with Crippen molar-refractivity contribution in [1.82, 2.24) is 19.9 Å². The van der Waals surface area contributed by atoms with Gasteiger partial charge in [-0.2, -0.15) is 0 Å². The van der Waals surface area contributed by atoms with E-state index in [9.17, 15) is 4.79 Å². The lowest BCUT2D eigenvalue weighted by Crippen LogP contribution is -2.42. The second-order valence-electron chi connectivity index (χ2n) is 6.57. The van der Waals surface area contributed by atoms with Crippen LogP contribution in [0, 0.1) is 0 Å². The summed E-state index contributed by atoms with van der Waals surface area (Å²) in [7, 11) is 0. The molecule has 1 unspecified atom stereocenters. The summed E-state index contributed by atoms with van der Waals surface area (Å²) in [5, 5.41) is 1.25. The number of nitrogens with zero attached hydrogens (tertiary/aromatic N) is 2. The molecular weight excluding hydrogens is 316 g/mol. The quantitative estimate of drug-likeness (QED) is 0.747. The van der Waals surface area contributed by atoms with Crippen molar-refractivity contribution in [3.8, 4) is 0 Å². The Morgan fingerprint density at radius 2 is 2.20 bits per heavy atom. The fraction of sp³-hybridized carbons (Fsp3) is 0.368. The molecule has 6 heteroatoms. The van der Waals surface area contributed by atoms with E-state index in [1.54, 1.807) is 6.07 Å². The Kier molecular flexibility index (Phi) is 4.63. The van der Waals surface area contributed by atoms with Gasteiger partial charge in [0.05, 0.1) is 19.0 Å². The molecule has 1 atom stereocenters. The van der Waals surface area contributed by atoms with Gasteiger partial charge in [0.15, 0.2) is 0 Å². The Morgan fingerprint density at radius 1 is 1.24 bits per heavy atom. The zero-order valence-corrected chi connectivity index (χ0v) is 14.1. The number of H-pyrrole nitrogens is 2. The van der Waals surface area contributed by atoms with Gasteiger partial charge < -0.3 is 14.7 Å². The van der Waals surface area contributed by atoms with Gasteiger partial charge in [0.25, 0.3) is 5.56 Å². The maximum Gasteiger partial charge on any atom is 0.250 e. The van der Waals surface area contributed by atoms with Crippen LogP contribution in [-0.2, 0) is 17.7 Å². The van der Waals surface area contributed by atoms with E-state index in [4.69, 9.17) is 4.74 Å². The van der Waals surface area contributed by atoms with Crippen LogP contribution in [0.3, 0.4) is 0 Å². The van der Waals surface area contributed by atoms with Crippen LogP contribution in [0.1, 0.15) is 17.7 Å². The Bertz CT molecular complexity index is 901. The molecule has 0 saturated carbocycles. The normalized spacial score (nSPS) is 18.6. The molecule has 0 radical (unpaired) electrons. The van der Waals surface area contributed by atoms with Gasteiger partial charge in [-0.25, -0.2) is 4.98 Å². The standard InChI is InChI=1S/C19H22N4O2/c24-19-10-16(21-13-22-19)2-3-17-12-23(7-8-25-17)11-14-1-4-18-15(9-14)5-6-20-18/h1,4-6,9-10,13,17,20H,2-3,7-8,11-12H2,(H,21,22,24). The van der Waals surface area contributed by atoms with Crippen LogP contribution < -0.4 is 5.56 Å². The lowest BCUT2D eigenvalue weighted by atomic mass is 10.1. The molecule has 130 valence electrons. The van der Waals surface area contributed by atoms with Gasteiger partial charge in [-0.1, -0.05) is 6.07 Å². The van der Waals surface area contributed by atoms with E-state index in [0.29, 0.717) is 0 Å². The van der Waals surface area contributed by atoms with Gasteiger partial charge in [0.1, 0.15) is 0 Å². The Hall–Kier alpha value is -2.44. The Morgan fingerprint density at radius 3 is 3.12 bits per heavy atom. The van der Waals surface area contributed by atoms with Crippen molar-refractivity contribution < 1.29 is 4.74 Å². The summed E-state index contributed by atoms with van der Waals surface area (Å²) in [5.74, 6) is 0. The number of hydrogen-bond acceptors (Lipinski definition) is 4. The molecule has 3 heterocycles. The van der Waals surface area contributed by atoms with Crippen molar-refractivity contribution in [2.75, 3.05) is 19.7 Å². The number of aromatic amines is 2. The van der Waals surface area contributed by atoms with Crippen molar-refractivity contribution in [3.63, 3.8) is 0 Å². The summed E-state index contributed by atoms with van der Waals surface area (Å²) < 4.78 is 5.90. The van der Waals surface area contributed by atoms with Gasteiger partial charge in [0.2, 0.25) is 0 Å². The SMILES string of the molecule is O=c1cc(CCC2CN(Cc3ccc4[nH]ccc4c3)CCO2)nc[nH]1. The molecule has 2 aromatic heterocycles. The van der Waals surface area contributed by atoms with E-state index in [2.05, 4.69) is 44.1 Å². The molecule has 1 fully saturated rings. The molecule has 25 heavy (non-hydrogen) atoms. The predicted molar refractivity (Wildman–Crippen MR) is 96.5 cm³/mol. The molecule has 0 aliphatic carbocycles. The number of benzene rings is 1. The van der Waals surface area contributed by atoms with Crippen LogP contribution in [-0.4, -0.2) is 45.7 Å². The summed E-state index contributed by atoms with van der Waals surface area (Å²) in [6.07, 6.45) is 5.26. The minimum Gasteiger partial charge on any atom is -0.376 e. The second-order valence-corrected chi connectivity index (χ2v) is 6.57. The molecule has 1 aliphatic rings. The number of rotatable bonds is 5. The number of morpholine rings is 1. The third-order valence-corrected chi connectivity index (χ3v) is 4.70. The first-order valence-corrected chi connectivity index (χ1v) is 8.70. The molecular formula is C19H22N4O2. The molecule has 4 rings (SSSR count). The smallest absolute Gasteiger partial charge is 0.250 e. The maximum atomic E-state index is 11.3. The molecule has 1 aromatic carbocycles. The van der Waals surface area contributed by atoms with E-state index in [1.807, 2.05) is 6.20 Å². The van der Waals surface area contributed by atoms with Gasteiger partial charge >= 0.3 is 0 Å². The summed E-state index contributed by atoms with van der Waals surface area (Å²) >= 11 is 0. The number of aromatic nitrogens is 3. The first-order chi connectivity index (χ1) is 12.3. The topological polar surface area (TPSA) is 74.0 Å². The lowest BCUT2D eigenvalue weighted by molar-refractivity contribution is -0.0346. The van der Waals surface area contributed by atoms with Crippen LogP contribution in [0.25, 0.3) is 10.9 Å². The van der Waals surface area contributed by atoms with Crippen molar-refractivity contribution in [2.24, 2.45) is 0 Å². The predicted octanol–water partition coefficient (Wildman–Crippen LogP) is 2.08. The minimum absolute atomic E-state index is 0.101. The van der Waals surface area contributed by atoms with Gasteiger partial charge in [-0.05, 0) is 42.0 Å². The lowest BCUT2D eigenvalue weighted by Gasteiger charge is -2.33. The van der Waals surface area contributed by atoms with Crippen LogP contribution in [0.5, 0.6) is 0 Å². The third-order valence-electron chi connectivity index (χ3n) is 4.70. The first-order valence-electron chi connectivity index (χ1n) is 8.70. The average molecular weight is 338 g/mol. The van der Waals surface area contributed by atoms with Crippen LogP contribution in [0.2, 0.25) is 0 Å². The highest BCUT2D eigenvalue weighted by Crippen LogP contribution is 2.18. The van der Waals surface area contributed by atoms with Crippen LogP contribution in [0.4, 0.5) is 0 Å². The monoisotopic (exact) mass is 338 g/mol. The molecule has 1 aliphatic heterocycles. The number of nitrogens with one attached hydrogen (secondary N) is 2. The highest BCUT2D eigenvalue weighted by Gasteiger charge is 2.20. The van der Waals surface area contributed by atoms with Gasteiger partial charge in [-0.3, -0.25) is 9.69 Å². The zero-order valence-electron chi connectivity index (χ0n) is 14.1. The molecule has 1 saturated heterocycles. The molecule has 0 amide bonds. The summed E-state index contributed by atoms with van der Waals surface area (Å²) in [6, 6.07) is 10.2. The zero-order chi connectivity index (χ0) is 17.1. The number of aryl methyl sites for hydroxylation is 1. The second kappa shape index (κ2) is 7.21. The fourth-order valence-corrected chi connectivity index (χ4v) is 3.41. The largest absolute Gasteiger partial charge is 0.376 e. The summed E-state index contributed by atoms with van der Waals surface area (Å²) in [4.78, 5) is 23.8.